The number of aliphatic hydroxyl groups excluding tert-OH is 3. The van der Waals surface area contributed by atoms with Crippen molar-refractivity contribution in [3.8, 4) is 0 Å². The number of aliphatic hydroxyl groups is 3. The Labute approximate surface area is 157 Å². The van der Waals surface area contributed by atoms with Crippen molar-refractivity contribution >= 4 is 5.91 Å². The van der Waals surface area contributed by atoms with Gasteiger partial charge in [0.1, 0.15) is 24.4 Å². The van der Waals surface area contributed by atoms with Gasteiger partial charge in [0, 0.05) is 5.56 Å². The topological polar surface area (TPSA) is 108 Å². The molecule has 0 aliphatic carbocycles. The van der Waals surface area contributed by atoms with Gasteiger partial charge in [0.15, 0.2) is 6.29 Å². The molecule has 0 radical (unpaired) electrons. The molecular formula is C20H23NO6. The van der Waals surface area contributed by atoms with Crippen molar-refractivity contribution in [1.29, 1.82) is 0 Å². The van der Waals surface area contributed by atoms with E-state index in [1.165, 1.54) is 0 Å². The van der Waals surface area contributed by atoms with E-state index in [9.17, 15) is 20.1 Å². The lowest BCUT2D eigenvalue weighted by atomic mass is 10.0. The van der Waals surface area contributed by atoms with E-state index in [0.29, 0.717) is 5.56 Å². The molecule has 1 fully saturated rings. The summed E-state index contributed by atoms with van der Waals surface area (Å²) in [5.41, 5.74) is 1.32. The van der Waals surface area contributed by atoms with Crippen molar-refractivity contribution in [2.75, 3.05) is 6.61 Å². The van der Waals surface area contributed by atoms with E-state index in [1.807, 2.05) is 30.3 Å². The van der Waals surface area contributed by atoms with Crippen LogP contribution in [0.5, 0.6) is 0 Å². The van der Waals surface area contributed by atoms with Gasteiger partial charge in [0.2, 0.25) is 0 Å². The molecule has 144 valence electrons. The summed E-state index contributed by atoms with van der Waals surface area (Å²) in [5.74, 6) is -0.393. The Bertz CT molecular complexity index is 726. The van der Waals surface area contributed by atoms with Crippen LogP contribution in [-0.2, 0) is 16.1 Å². The zero-order chi connectivity index (χ0) is 19.2. The first-order valence-corrected chi connectivity index (χ1v) is 8.74. The van der Waals surface area contributed by atoms with Gasteiger partial charge in [0.25, 0.3) is 5.91 Å². The van der Waals surface area contributed by atoms with E-state index < -0.39 is 43.2 Å². The lowest BCUT2D eigenvalue weighted by molar-refractivity contribution is -0.144. The summed E-state index contributed by atoms with van der Waals surface area (Å²) >= 11 is 0. The highest BCUT2D eigenvalue weighted by atomic mass is 16.6. The summed E-state index contributed by atoms with van der Waals surface area (Å²) in [4.78, 5) is 12.5. The fraction of sp³-hybridized carbons (Fsp3) is 0.350. The highest BCUT2D eigenvalue weighted by molar-refractivity contribution is 5.94. The molecular weight excluding hydrogens is 350 g/mol. The number of carbonyl (C=O) groups is 1. The molecule has 0 spiro atoms. The Kier molecular flexibility index (Phi) is 6.54. The van der Waals surface area contributed by atoms with Crippen LogP contribution >= 0.6 is 0 Å². The fourth-order valence-electron chi connectivity index (χ4n) is 3.05. The first-order chi connectivity index (χ1) is 13.1. The Morgan fingerprint density at radius 3 is 2.37 bits per heavy atom. The second-order valence-electron chi connectivity index (χ2n) is 6.37. The number of carbonyl (C=O) groups excluding carboxylic acids is 1. The Morgan fingerprint density at radius 2 is 1.74 bits per heavy atom. The van der Waals surface area contributed by atoms with E-state index in [0.717, 1.165) is 5.56 Å². The van der Waals surface area contributed by atoms with E-state index in [2.05, 4.69) is 5.32 Å². The van der Waals surface area contributed by atoms with Gasteiger partial charge in [-0.05, 0) is 17.7 Å². The molecule has 3 rings (SSSR count). The van der Waals surface area contributed by atoms with Crippen molar-refractivity contribution in [3.05, 3.63) is 71.8 Å². The molecule has 1 heterocycles. The monoisotopic (exact) mass is 373 g/mol. The van der Waals surface area contributed by atoms with Crippen molar-refractivity contribution in [2.24, 2.45) is 0 Å². The predicted octanol–water partition coefficient (Wildman–Crippen LogP) is 0.441. The summed E-state index contributed by atoms with van der Waals surface area (Å²) in [5, 5.41) is 32.3. The van der Waals surface area contributed by atoms with Crippen molar-refractivity contribution < 1.29 is 29.6 Å². The molecule has 5 atom stereocenters. The van der Waals surface area contributed by atoms with E-state index in [1.54, 1.807) is 30.3 Å². The normalized spacial score (nSPS) is 25.9. The lowest BCUT2D eigenvalue weighted by Gasteiger charge is -2.26. The predicted molar refractivity (Wildman–Crippen MR) is 96.7 cm³/mol. The zero-order valence-electron chi connectivity index (χ0n) is 14.6. The van der Waals surface area contributed by atoms with Crippen LogP contribution in [0.2, 0.25) is 0 Å². The van der Waals surface area contributed by atoms with E-state index >= 15 is 0 Å². The van der Waals surface area contributed by atoms with Gasteiger partial charge >= 0.3 is 0 Å². The smallest absolute Gasteiger partial charge is 0.251 e. The molecule has 0 saturated carbocycles. The highest BCUT2D eigenvalue weighted by Crippen LogP contribution is 2.26. The molecule has 27 heavy (non-hydrogen) atoms. The molecule has 1 amide bonds. The molecule has 7 heteroatoms. The number of rotatable bonds is 7. The standard InChI is InChI=1S/C20H23NO6/c22-11-15(23)17-18(26-12-13-7-3-1-4-8-13)16(20(25)27-17)21-19(24)14-9-5-2-6-10-14/h1-10,15-18,20,22-23,25H,11-12H2,(H,21,24). The minimum absolute atomic E-state index is 0.202. The maximum absolute atomic E-state index is 12.5. The summed E-state index contributed by atoms with van der Waals surface area (Å²) in [7, 11) is 0. The number of hydrogen-bond donors (Lipinski definition) is 4. The van der Waals surface area contributed by atoms with Gasteiger partial charge in [-0.3, -0.25) is 4.79 Å². The van der Waals surface area contributed by atoms with E-state index in [4.69, 9.17) is 9.47 Å². The van der Waals surface area contributed by atoms with Gasteiger partial charge in [-0.1, -0.05) is 48.5 Å². The van der Waals surface area contributed by atoms with Gasteiger partial charge in [-0.2, -0.15) is 0 Å². The van der Waals surface area contributed by atoms with Crippen LogP contribution in [-0.4, -0.2) is 58.5 Å². The minimum atomic E-state index is -1.37. The maximum Gasteiger partial charge on any atom is 0.251 e. The molecule has 0 aromatic heterocycles. The largest absolute Gasteiger partial charge is 0.394 e. The Balaban J connectivity index is 1.75. The molecule has 2 aromatic carbocycles. The molecule has 2 aromatic rings. The van der Waals surface area contributed by atoms with Crippen LogP contribution < -0.4 is 5.32 Å². The van der Waals surface area contributed by atoms with Gasteiger partial charge in [-0.25, -0.2) is 0 Å². The maximum atomic E-state index is 12.5. The lowest BCUT2D eigenvalue weighted by Crippen LogP contribution is -2.50. The van der Waals surface area contributed by atoms with Crippen molar-refractivity contribution in [1.82, 2.24) is 5.32 Å². The van der Waals surface area contributed by atoms with E-state index in [-0.39, 0.29) is 6.61 Å². The van der Waals surface area contributed by atoms with Gasteiger partial charge in [-0.15, -0.1) is 0 Å². The molecule has 4 N–H and O–H groups in total. The van der Waals surface area contributed by atoms with Crippen LogP contribution in [0.1, 0.15) is 15.9 Å². The minimum Gasteiger partial charge on any atom is -0.394 e. The van der Waals surface area contributed by atoms with Crippen LogP contribution in [0.25, 0.3) is 0 Å². The molecule has 1 saturated heterocycles. The molecule has 0 bridgehead atoms. The van der Waals surface area contributed by atoms with Crippen LogP contribution in [0.3, 0.4) is 0 Å². The second kappa shape index (κ2) is 9.07. The summed E-state index contributed by atoms with van der Waals surface area (Å²) in [6.07, 6.45) is -4.44. The zero-order valence-corrected chi connectivity index (χ0v) is 14.6. The Hall–Kier alpha value is -2.29. The average molecular weight is 373 g/mol. The molecule has 7 nitrogen and oxygen atoms in total. The number of amides is 1. The average Bonchev–Trinajstić information content (AvgIpc) is 3.02. The summed E-state index contributed by atoms with van der Waals surface area (Å²) in [6.45, 7) is -0.351. The molecule has 1 aliphatic heterocycles. The van der Waals surface area contributed by atoms with Gasteiger partial charge in [0.05, 0.1) is 13.2 Å². The molecule has 5 unspecified atom stereocenters. The first kappa shape index (κ1) is 19.5. The third-order valence-electron chi connectivity index (χ3n) is 4.47. The van der Waals surface area contributed by atoms with Crippen LogP contribution in [0, 0.1) is 0 Å². The second-order valence-corrected chi connectivity index (χ2v) is 6.37. The van der Waals surface area contributed by atoms with Crippen molar-refractivity contribution in [2.45, 2.75) is 37.3 Å². The van der Waals surface area contributed by atoms with Crippen LogP contribution in [0.4, 0.5) is 0 Å². The number of hydrogen-bond acceptors (Lipinski definition) is 6. The number of benzene rings is 2. The first-order valence-electron chi connectivity index (χ1n) is 8.74. The van der Waals surface area contributed by atoms with Crippen LogP contribution in [0.15, 0.2) is 60.7 Å². The summed E-state index contributed by atoms with van der Waals surface area (Å²) in [6, 6.07) is 17.0. The Morgan fingerprint density at radius 1 is 1.11 bits per heavy atom. The third kappa shape index (κ3) is 4.71. The highest BCUT2D eigenvalue weighted by Gasteiger charge is 2.48. The molecule has 1 aliphatic rings. The third-order valence-corrected chi connectivity index (χ3v) is 4.47. The van der Waals surface area contributed by atoms with Crippen molar-refractivity contribution in [3.63, 3.8) is 0 Å². The number of ether oxygens (including phenoxy) is 2. The van der Waals surface area contributed by atoms with Gasteiger partial charge < -0.3 is 30.1 Å². The SMILES string of the molecule is O=C(NC1C(O)OC(C(O)CO)C1OCc1ccccc1)c1ccccc1. The number of nitrogens with one attached hydrogen (secondary N) is 1. The fourth-order valence-corrected chi connectivity index (χ4v) is 3.05. The quantitative estimate of drug-likeness (QED) is 0.561. The summed E-state index contributed by atoms with van der Waals surface area (Å²) < 4.78 is 11.2.